The summed E-state index contributed by atoms with van der Waals surface area (Å²) in [5, 5.41) is 3.22. The van der Waals surface area contributed by atoms with Gasteiger partial charge in [-0.1, -0.05) is 12.1 Å². The van der Waals surface area contributed by atoms with Gasteiger partial charge in [0.05, 0.1) is 22.3 Å². The van der Waals surface area contributed by atoms with E-state index in [4.69, 9.17) is 0 Å². The van der Waals surface area contributed by atoms with Gasteiger partial charge >= 0.3 is 0 Å². The molecular weight excluding hydrogens is 358 g/mol. The molecule has 0 aromatic heterocycles. The average molecular weight is 377 g/mol. The molecule has 142 valence electrons. The first-order valence-electron chi connectivity index (χ1n) is 9.14. The molecule has 2 heterocycles. The molecule has 2 aliphatic rings. The van der Waals surface area contributed by atoms with Crippen molar-refractivity contribution in [2.24, 2.45) is 0 Å². The summed E-state index contributed by atoms with van der Waals surface area (Å²) >= 11 is 0. The summed E-state index contributed by atoms with van der Waals surface area (Å²) in [6, 6.07) is 12.0. The lowest BCUT2D eigenvalue weighted by atomic mass is 10.1. The Labute approximate surface area is 161 Å². The molecule has 4 amide bonds. The van der Waals surface area contributed by atoms with Gasteiger partial charge in [-0.25, -0.2) is 0 Å². The van der Waals surface area contributed by atoms with Crippen LogP contribution in [0.4, 0.5) is 5.69 Å². The second kappa shape index (κ2) is 6.92. The third-order valence-electron chi connectivity index (χ3n) is 5.11. The molecule has 0 bridgehead atoms. The van der Waals surface area contributed by atoms with Crippen molar-refractivity contribution in [3.8, 4) is 0 Å². The number of hydrogen-bond acceptors (Lipinski definition) is 5. The zero-order valence-electron chi connectivity index (χ0n) is 15.4. The van der Waals surface area contributed by atoms with E-state index in [-0.39, 0.29) is 23.6 Å². The van der Waals surface area contributed by atoms with Crippen molar-refractivity contribution in [2.75, 3.05) is 25.5 Å². The second-order valence-corrected chi connectivity index (χ2v) is 6.87. The number of carbonyl (C=O) groups is 4. The Morgan fingerprint density at radius 1 is 0.750 bits per heavy atom. The van der Waals surface area contributed by atoms with Gasteiger partial charge in [0.15, 0.2) is 0 Å². The molecule has 0 aliphatic carbocycles. The highest BCUT2D eigenvalue weighted by Crippen LogP contribution is 2.25. The molecule has 0 unspecified atom stereocenters. The molecule has 7 heteroatoms. The van der Waals surface area contributed by atoms with Gasteiger partial charge in [0, 0.05) is 25.8 Å². The molecule has 0 radical (unpaired) electrons. The third kappa shape index (κ3) is 2.85. The summed E-state index contributed by atoms with van der Waals surface area (Å²) in [7, 11) is 1.47. The van der Waals surface area contributed by atoms with Crippen LogP contribution in [0.2, 0.25) is 0 Å². The van der Waals surface area contributed by atoms with Crippen LogP contribution >= 0.6 is 0 Å². The number of anilines is 1. The first-order valence-corrected chi connectivity index (χ1v) is 9.14. The van der Waals surface area contributed by atoms with Gasteiger partial charge in [-0.2, -0.15) is 0 Å². The number of rotatable bonds is 6. The van der Waals surface area contributed by atoms with Gasteiger partial charge in [0.25, 0.3) is 23.6 Å². The van der Waals surface area contributed by atoms with Crippen LogP contribution in [0.25, 0.3) is 0 Å². The standard InChI is InChI=1S/C21H19N3O4/c1-23-18(25)16-9-8-13(12-17(16)19(23)26)22-10-4-5-11-24-20(27)14-6-2-3-7-15(14)21(24)28/h2-3,6-9,12,22H,4-5,10-11H2,1H3. The molecule has 0 saturated heterocycles. The molecule has 2 aromatic rings. The number of nitrogens with one attached hydrogen (secondary N) is 1. The highest BCUT2D eigenvalue weighted by molar-refractivity contribution is 6.22. The summed E-state index contributed by atoms with van der Waals surface area (Å²) in [4.78, 5) is 51.0. The maximum Gasteiger partial charge on any atom is 0.261 e. The van der Waals surface area contributed by atoms with E-state index in [1.54, 1.807) is 42.5 Å². The largest absolute Gasteiger partial charge is 0.385 e. The Morgan fingerprint density at radius 3 is 2.04 bits per heavy atom. The first kappa shape index (κ1) is 17.9. The van der Waals surface area contributed by atoms with Crippen LogP contribution < -0.4 is 5.32 Å². The fourth-order valence-electron chi connectivity index (χ4n) is 3.54. The van der Waals surface area contributed by atoms with E-state index >= 15 is 0 Å². The summed E-state index contributed by atoms with van der Waals surface area (Å²) in [5.74, 6) is -1.05. The SMILES string of the molecule is CN1C(=O)c2ccc(NCCCCN3C(=O)c4ccccc4C3=O)cc2C1=O. The van der Waals surface area contributed by atoms with Gasteiger partial charge in [-0.15, -0.1) is 0 Å². The van der Waals surface area contributed by atoms with Crippen molar-refractivity contribution in [1.82, 2.24) is 9.80 Å². The van der Waals surface area contributed by atoms with Crippen molar-refractivity contribution in [1.29, 1.82) is 0 Å². The highest BCUT2D eigenvalue weighted by atomic mass is 16.2. The molecule has 2 aliphatic heterocycles. The van der Waals surface area contributed by atoms with E-state index in [2.05, 4.69) is 5.32 Å². The first-order chi connectivity index (χ1) is 13.5. The number of benzene rings is 2. The van der Waals surface area contributed by atoms with Gasteiger partial charge < -0.3 is 5.32 Å². The molecule has 0 atom stereocenters. The molecule has 28 heavy (non-hydrogen) atoms. The summed E-state index contributed by atoms with van der Waals surface area (Å²) in [5.41, 5.74) is 2.52. The van der Waals surface area contributed by atoms with Crippen molar-refractivity contribution in [3.63, 3.8) is 0 Å². The van der Waals surface area contributed by atoms with Crippen molar-refractivity contribution < 1.29 is 19.2 Å². The topological polar surface area (TPSA) is 86.8 Å². The van der Waals surface area contributed by atoms with Crippen LogP contribution in [0.5, 0.6) is 0 Å². The Bertz CT molecular complexity index is 979. The quantitative estimate of drug-likeness (QED) is 0.617. The number of amides is 4. The number of carbonyl (C=O) groups excluding carboxylic acids is 4. The maximum absolute atomic E-state index is 12.3. The van der Waals surface area contributed by atoms with Crippen LogP contribution in [0.3, 0.4) is 0 Å². The molecule has 0 saturated carbocycles. The fourth-order valence-corrected chi connectivity index (χ4v) is 3.54. The van der Waals surface area contributed by atoms with Gasteiger partial charge in [-0.05, 0) is 43.2 Å². The smallest absolute Gasteiger partial charge is 0.261 e. The number of unbranched alkanes of at least 4 members (excludes halogenated alkanes) is 1. The van der Waals surface area contributed by atoms with E-state index in [1.165, 1.54) is 11.9 Å². The monoisotopic (exact) mass is 377 g/mol. The Balaban J connectivity index is 1.29. The van der Waals surface area contributed by atoms with Crippen LogP contribution in [0.1, 0.15) is 54.3 Å². The minimum Gasteiger partial charge on any atom is -0.385 e. The molecule has 0 spiro atoms. The van der Waals surface area contributed by atoms with E-state index in [9.17, 15) is 19.2 Å². The lowest BCUT2D eigenvalue weighted by Crippen LogP contribution is -2.30. The third-order valence-corrected chi connectivity index (χ3v) is 5.11. The Kier molecular flexibility index (Phi) is 4.43. The predicted molar refractivity (Wildman–Crippen MR) is 102 cm³/mol. The van der Waals surface area contributed by atoms with Crippen molar-refractivity contribution in [3.05, 3.63) is 64.7 Å². The number of imide groups is 2. The number of fused-ring (bicyclic) bond motifs is 2. The van der Waals surface area contributed by atoms with Crippen LogP contribution in [-0.4, -0.2) is 53.6 Å². The lowest BCUT2D eigenvalue weighted by molar-refractivity contribution is 0.0647. The molecule has 1 N–H and O–H groups in total. The minimum absolute atomic E-state index is 0.237. The number of nitrogens with zero attached hydrogens (tertiary/aromatic N) is 2. The summed E-state index contributed by atoms with van der Waals surface area (Å²) < 4.78 is 0. The maximum atomic E-state index is 12.3. The molecule has 0 fully saturated rings. The van der Waals surface area contributed by atoms with Crippen LogP contribution in [0, 0.1) is 0 Å². The molecule has 4 rings (SSSR count). The van der Waals surface area contributed by atoms with Gasteiger partial charge in [0.2, 0.25) is 0 Å². The predicted octanol–water partition coefficient (Wildman–Crippen LogP) is 2.40. The van der Waals surface area contributed by atoms with Gasteiger partial charge in [0.1, 0.15) is 0 Å². The Morgan fingerprint density at radius 2 is 1.36 bits per heavy atom. The van der Waals surface area contributed by atoms with Crippen LogP contribution in [-0.2, 0) is 0 Å². The Hall–Kier alpha value is -3.48. The van der Waals surface area contributed by atoms with Crippen molar-refractivity contribution >= 4 is 29.3 Å². The second-order valence-electron chi connectivity index (χ2n) is 6.87. The lowest BCUT2D eigenvalue weighted by Gasteiger charge is -2.14. The summed E-state index contributed by atoms with van der Waals surface area (Å²) in [6.07, 6.45) is 1.42. The minimum atomic E-state index is -0.297. The molecular formula is C21H19N3O4. The van der Waals surface area contributed by atoms with E-state index in [0.717, 1.165) is 17.0 Å². The van der Waals surface area contributed by atoms with Crippen molar-refractivity contribution in [2.45, 2.75) is 12.8 Å². The fraction of sp³-hybridized carbons (Fsp3) is 0.238. The zero-order chi connectivity index (χ0) is 19.8. The van der Waals surface area contributed by atoms with Gasteiger partial charge in [-0.3, -0.25) is 29.0 Å². The van der Waals surface area contributed by atoms with Crippen LogP contribution in [0.15, 0.2) is 42.5 Å². The van der Waals surface area contributed by atoms with E-state index in [1.807, 2.05) is 0 Å². The molecule has 2 aromatic carbocycles. The average Bonchev–Trinajstić information content (AvgIpc) is 3.08. The van der Waals surface area contributed by atoms with E-state index < -0.39 is 0 Å². The normalized spacial score (nSPS) is 15.3. The summed E-state index contributed by atoms with van der Waals surface area (Å²) in [6.45, 7) is 0.996. The molecule has 7 nitrogen and oxygen atoms in total. The number of hydrogen-bond donors (Lipinski definition) is 1. The van der Waals surface area contributed by atoms with E-state index in [0.29, 0.717) is 41.8 Å². The highest BCUT2D eigenvalue weighted by Gasteiger charge is 2.34. The zero-order valence-corrected chi connectivity index (χ0v) is 15.4.